The fraction of sp³-hybridized carbons (Fsp3) is 0.500. The van der Waals surface area contributed by atoms with Crippen molar-refractivity contribution in [2.24, 2.45) is 0 Å². The van der Waals surface area contributed by atoms with Crippen molar-refractivity contribution in [1.29, 1.82) is 0 Å². The van der Waals surface area contributed by atoms with Crippen molar-refractivity contribution in [2.75, 3.05) is 13.6 Å². The van der Waals surface area contributed by atoms with Gasteiger partial charge >= 0.3 is 0 Å². The Morgan fingerprint density at radius 1 is 1.33 bits per heavy atom. The average Bonchev–Trinajstić information content (AvgIpc) is 2.90. The Morgan fingerprint density at radius 3 is 2.52 bits per heavy atom. The van der Waals surface area contributed by atoms with Crippen LogP contribution in [0.5, 0.6) is 0 Å². The monoisotopic (exact) mass is 311 g/mol. The Morgan fingerprint density at radius 2 is 2.00 bits per heavy atom. The first-order valence-corrected chi connectivity index (χ1v) is 8.47. The molecule has 0 saturated carbocycles. The van der Waals surface area contributed by atoms with Gasteiger partial charge in [0.15, 0.2) is 0 Å². The number of amides is 1. The van der Waals surface area contributed by atoms with E-state index in [1.165, 1.54) is 0 Å². The Bertz CT molecular complexity index is 598. The second-order valence-corrected chi connectivity index (χ2v) is 7.00. The summed E-state index contributed by atoms with van der Waals surface area (Å²) in [5, 5.41) is 5.84. The first kappa shape index (κ1) is 15.9. The van der Waals surface area contributed by atoms with E-state index in [1.807, 2.05) is 14.0 Å². The number of hydrogen-bond donors (Lipinski definition) is 3. The smallest absolute Gasteiger partial charge is 0.240 e. The first-order valence-electron chi connectivity index (χ1n) is 6.98. The predicted molar refractivity (Wildman–Crippen MR) is 80.3 cm³/mol. The van der Waals surface area contributed by atoms with Crippen LogP contribution in [0.3, 0.4) is 0 Å². The molecule has 0 aliphatic carbocycles. The van der Waals surface area contributed by atoms with E-state index in [0.717, 1.165) is 5.56 Å². The number of carbonyl (C=O) groups is 1. The minimum atomic E-state index is -3.54. The summed E-state index contributed by atoms with van der Waals surface area (Å²) in [5.41, 5.74) is 1.03. The van der Waals surface area contributed by atoms with Crippen LogP contribution in [-0.4, -0.2) is 34.0 Å². The van der Waals surface area contributed by atoms with Crippen LogP contribution in [-0.2, 0) is 14.8 Å². The van der Waals surface area contributed by atoms with E-state index in [0.29, 0.717) is 12.8 Å². The van der Waals surface area contributed by atoms with Crippen LogP contribution in [0.15, 0.2) is 29.2 Å². The lowest BCUT2D eigenvalue weighted by Gasteiger charge is -2.13. The molecular formula is C14H21N3O3S. The molecule has 0 aromatic heterocycles. The van der Waals surface area contributed by atoms with E-state index >= 15 is 0 Å². The maximum absolute atomic E-state index is 12.2. The molecule has 2 rings (SSSR count). The van der Waals surface area contributed by atoms with E-state index in [2.05, 4.69) is 15.4 Å². The maximum atomic E-state index is 12.2. The van der Waals surface area contributed by atoms with Gasteiger partial charge in [-0.05, 0) is 38.1 Å². The number of rotatable bonds is 6. The molecule has 116 valence electrons. The summed E-state index contributed by atoms with van der Waals surface area (Å²) < 4.78 is 26.9. The van der Waals surface area contributed by atoms with Gasteiger partial charge in [0.25, 0.3) is 0 Å². The van der Waals surface area contributed by atoms with E-state index in [1.54, 1.807) is 24.3 Å². The molecule has 3 N–H and O–H groups in total. The summed E-state index contributed by atoms with van der Waals surface area (Å²) in [6.07, 6.45) is 1.13. The van der Waals surface area contributed by atoms with Crippen LogP contribution >= 0.6 is 0 Å². The largest absolute Gasteiger partial charge is 0.352 e. The zero-order valence-corrected chi connectivity index (χ0v) is 13.0. The van der Waals surface area contributed by atoms with Gasteiger partial charge in [0.1, 0.15) is 0 Å². The highest BCUT2D eigenvalue weighted by Crippen LogP contribution is 2.16. The Hall–Kier alpha value is -1.44. The quantitative estimate of drug-likeness (QED) is 0.715. The van der Waals surface area contributed by atoms with E-state index < -0.39 is 10.0 Å². The van der Waals surface area contributed by atoms with Crippen molar-refractivity contribution < 1.29 is 13.2 Å². The van der Waals surface area contributed by atoms with Crippen molar-refractivity contribution in [3.05, 3.63) is 29.8 Å². The molecule has 1 aliphatic heterocycles. The van der Waals surface area contributed by atoms with Gasteiger partial charge in [0, 0.05) is 25.0 Å². The Kier molecular flexibility index (Phi) is 4.97. The second-order valence-electron chi connectivity index (χ2n) is 5.23. The van der Waals surface area contributed by atoms with Crippen molar-refractivity contribution in [2.45, 2.75) is 36.7 Å². The molecule has 1 saturated heterocycles. The summed E-state index contributed by atoms with van der Waals surface area (Å²) in [6, 6.07) is 6.84. The molecule has 2 atom stereocenters. The summed E-state index contributed by atoms with van der Waals surface area (Å²) >= 11 is 0. The lowest BCUT2D eigenvalue weighted by atomic mass is 10.1. The molecule has 7 heteroatoms. The predicted octanol–water partition coefficient (Wildman–Crippen LogP) is 0.524. The number of nitrogens with one attached hydrogen (secondary N) is 3. The molecule has 0 bridgehead atoms. The van der Waals surface area contributed by atoms with Gasteiger partial charge in [0.05, 0.1) is 4.90 Å². The zero-order valence-electron chi connectivity index (χ0n) is 12.2. The molecule has 21 heavy (non-hydrogen) atoms. The van der Waals surface area contributed by atoms with Gasteiger partial charge in [0.2, 0.25) is 15.9 Å². The van der Waals surface area contributed by atoms with Gasteiger partial charge in [-0.1, -0.05) is 12.1 Å². The summed E-state index contributed by atoms with van der Waals surface area (Å²) in [4.78, 5) is 11.3. The van der Waals surface area contributed by atoms with Crippen LogP contribution in [0.1, 0.15) is 31.4 Å². The normalized spacial score (nSPS) is 20.3. The van der Waals surface area contributed by atoms with Crippen molar-refractivity contribution in [3.63, 3.8) is 0 Å². The van der Waals surface area contributed by atoms with Crippen molar-refractivity contribution in [3.8, 4) is 0 Å². The van der Waals surface area contributed by atoms with Gasteiger partial charge in [-0.25, -0.2) is 13.1 Å². The van der Waals surface area contributed by atoms with Crippen molar-refractivity contribution in [1.82, 2.24) is 15.4 Å². The SMILES string of the molecule is CNC(C)c1ccc(S(=O)(=O)NCC2CCC(=O)N2)cc1. The molecule has 1 aliphatic rings. The summed E-state index contributed by atoms with van der Waals surface area (Å²) in [5.74, 6) is -0.0235. The first-order chi connectivity index (χ1) is 9.92. The van der Waals surface area contributed by atoms with Gasteiger partial charge in [-0.15, -0.1) is 0 Å². The van der Waals surface area contributed by atoms with Crippen LogP contribution in [0, 0.1) is 0 Å². The highest BCUT2D eigenvalue weighted by Gasteiger charge is 2.23. The lowest BCUT2D eigenvalue weighted by Crippen LogP contribution is -2.38. The summed E-state index contributed by atoms with van der Waals surface area (Å²) in [6.45, 7) is 2.23. The van der Waals surface area contributed by atoms with Gasteiger partial charge in [-0.2, -0.15) is 0 Å². The lowest BCUT2D eigenvalue weighted by molar-refractivity contribution is -0.119. The maximum Gasteiger partial charge on any atom is 0.240 e. The highest BCUT2D eigenvalue weighted by atomic mass is 32.2. The Labute approximate surface area is 125 Å². The fourth-order valence-corrected chi connectivity index (χ4v) is 3.31. The third kappa shape index (κ3) is 4.03. The minimum absolute atomic E-state index is 0.0235. The van der Waals surface area contributed by atoms with Gasteiger partial charge in [-0.3, -0.25) is 4.79 Å². The number of sulfonamides is 1. The number of benzene rings is 1. The minimum Gasteiger partial charge on any atom is -0.352 e. The summed E-state index contributed by atoms with van der Waals surface area (Å²) in [7, 11) is -1.68. The standard InChI is InChI=1S/C14H21N3O3S/c1-10(15-2)11-3-6-13(7-4-11)21(19,20)16-9-12-5-8-14(18)17-12/h3-4,6-7,10,12,15-16H,5,8-9H2,1-2H3,(H,17,18). The number of carbonyl (C=O) groups excluding carboxylic acids is 1. The third-order valence-electron chi connectivity index (χ3n) is 3.73. The van der Waals surface area contributed by atoms with Gasteiger partial charge < -0.3 is 10.6 Å². The van der Waals surface area contributed by atoms with Crippen LogP contribution in [0.25, 0.3) is 0 Å². The highest BCUT2D eigenvalue weighted by molar-refractivity contribution is 7.89. The molecule has 1 heterocycles. The molecule has 2 unspecified atom stereocenters. The number of hydrogen-bond acceptors (Lipinski definition) is 4. The topological polar surface area (TPSA) is 87.3 Å². The fourth-order valence-electron chi connectivity index (χ4n) is 2.23. The molecule has 1 amide bonds. The Balaban J connectivity index is 2.00. The molecule has 6 nitrogen and oxygen atoms in total. The molecule has 1 aromatic rings. The molecule has 1 aromatic carbocycles. The zero-order chi connectivity index (χ0) is 15.5. The van der Waals surface area contributed by atoms with E-state index in [4.69, 9.17) is 0 Å². The van der Waals surface area contributed by atoms with Crippen LogP contribution in [0.2, 0.25) is 0 Å². The molecule has 1 fully saturated rings. The second kappa shape index (κ2) is 6.55. The van der Waals surface area contributed by atoms with Crippen molar-refractivity contribution >= 4 is 15.9 Å². The van der Waals surface area contributed by atoms with E-state index in [-0.39, 0.29) is 29.4 Å². The third-order valence-corrected chi connectivity index (χ3v) is 5.17. The van der Waals surface area contributed by atoms with Crippen LogP contribution in [0.4, 0.5) is 0 Å². The molecular weight excluding hydrogens is 290 g/mol. The van der Waals surface area contributed by atoms with E-state index in [9.17, 15) is 13.2 Å². The average molecular weight is 311 g/mol. The molecule has 0 spiro atoms. The van der Waals surface area contributed by atoms with Crippen LogP contribution < -0.4 is 15.4 Å². The molecule has 0 radical (unpaired) electrons.